The maximum atomic E-state index is 11.0. The number of nitrogens with zero attached hydrogens (tertiary/aromatic N) is 4. The molecule has 0 aromatic carbocycles. The molecule has 66 valence electrons. The van der Waals surface area contributed by atoms with Gasteiger partial charge in [-0.2, -0.15) is 0 Å². The Balaban J connectivity index is 2.50. The Hall–Kier alpha value is -2.07. The van der Waals surface area contributed by atoms with Crippen LogP contribution in [-0.4, -0.2) is 17.4 Å². The fourth-order valence-corrected chi connectivity index (χ4v) is 0.715. The highest BCUT2D eigenvalue weighted by atomic mass is 16.1. The first-order valence-electron chi connectivity index (χ1n) is 3.54. The van der Waals surface area contributed by atoms with Gasteiger partial charge in [-0.15, -0.1) is 0 Å². The predicted octanol–water partition coefficient (Wildman–Crippen LogP) is 1.33. The monoisotopic (exact) mass is 177 g/mol. The van der Waals surface area contributed by atoms with Crippen molar-refractivity contribution in [2.24, 2.45) is 5.11 Å². The lowest BCUT2D eigenvalue weighted by Crippen LogP contribution is -2.14. The minimum Gasteiger partial charge on any atom is -0.311 e. The zero-order chi connectivity index (χ0) is 9.52. The molecule has 13 heavy (non-hydrogen) atoms. The van der Waals surface area contributed by atoms with E-state index in [9.17, 15) is 4.79 Å². The van der Waals surface area contributed by atoms with E-state index in [-0.39, 0.29) is 12.5 Å². The van der Waals surface area contributed by atoms with Crippen LogP contribution in [0.3, 0.4) is 0 Å². The number of hydrogen-bond donors (Lipinski definition) is 1. The summed E-state index contributed by atoms with van der Waals surface area (Å²) < 4.78 is 0. The van der Waals surface area contributed by atoms with Crippen molar-refractivity contribution in [3.05, 3.63) is 34.8 Å². The van der Waals surface area contributed by atoms with Crippen molar-refractivity contribution in [2.75, 3.05) is 11.9 Å². The van der Waals surface area contributed by atoms with Crippen LogP contribution in [0.25, 0.3) is 10.4 Å². The molecule has 1 heterocycles. The Morgan fingerprint density at radius 3 is 3.15 bits per heavy atom. The third-order valence-corrected chi connectivity index (χ3v) is 1.21. The molecule has 0 fully saturated rings. The molecule has 0 saturated heterocycles. The zero-order valence-electron chi connectivity index (χ0n) is 6.71. The number of aromatic nitrogens is 1. The second kappa shape index (κ2) is 4.74. The van der Waals surface area contributed by atoms with Crippen molar-refractivity contribution >= 4 is 11.7 Å². The van der Waals surface area contributed by atoms with Gasteiger partial charge in [0.1, 0.15) is 12.4 Å². The van der Waals surface area contributed by atoms with Crippen LogP contribution in [0.4, 0.5) is 5.82 Å². The zero-order valence-corrected chi connectivity index (χ0v) is 6.71. The topological polar surface area (TPSA) is 90.8 Å². The Bertz CT molecular complexity index is 330. The van der Waals surface area contributed by atoms with Gasteiger partial charge in [-0.05, 0) is 17.7 Å². The van der Waals surface area contributed by atoms with E-state index in [4.69, 9.17) is 5.53 Å². The third-order valence-electron chi connectivity index (χ3n) is 1.21. The van der Waals surface area contributed by atoms with Gasteiger partial charge in [0.05, 0.1) is 0 Å². The van der Waals surface area contributed by atoms with Gasteiger partial charge in [0.15, 0.2) is 0 Å². The van der Waals surface area contributed by atoms with Gasteiger partial charge < -0.3 is 5.32 Å². The molecule has 0 atom stereocenters. The maximum absolute atomic E-state index is 11.0. The molecule has 1 rings (SSSR count). The molecule has 0 aliphatic rings. The van der Waals surface area contributed by atoms with E-state index in [1.54, 1.807) is 24.4 Å². The van der Waals surface area contributed by atoms with Gasteiger partial charge in [0, 0.05) is 11.1 Å². The maximum Gasteiger partial charge on any atom is 0.231 e. The van der Waals surface area contributed by atoms with Gasteiger partial charge >= 0.3 is 0 Å². The molecule has 0 aliphatic heterocycles. The van der Waals surface area contributed by atoms with Crippen LogP contribution in [0.15, 0.2) is 29.5 Å². The molecule has 1 aromatic heterocycles. The highest BCUT2D eigenvalue weighted by molar-refractivity contribution is 5.91. The third kappa shape index (κ3) is 3.22. The van der Waals surface area contributed by atoms with Crippen LogP contribution in [0.5, 0.6) is 0 Å². The lowest BCUT2D eigenvalue weighted by atomic mass is 10.4. The second-order valence-corrected chi connectivity index (χ2v) is 2.15. The number of pyridine rings is 1. The van der Waals surface area contributed by atoms with E-state index in [1.165, 1.54) is 0 Å². The molecule has 0 aliphatic carbocycles. The summed E-state index contributed by atoms with van der Waals surface area (Å²) in [4.78, 5) is 17.3. The number of hydrogen-bond acceptors (Lipinski definition) is 3. The average Bonchev–Trinajstić information content (AvgIpc) is 2.16. The van der Waals surface area contributed by atoms with Crippen LogP contribution in [-0.2, 0) is 4.79 Å². The van der Waals surface area contributed by atoms with Crippen molar-refractivity contribution in [3.63, 3.8) is 0 Å². The lowest BCUT2D eigenvalue weighted by molar-refractivity contribution is -0.114. The SMILES string of the molecule is [N-]=[N+]=NCC(=O)Nc1ccccn1. The van der Waals surface area contributed by atoms with Crippen molar-refractivity contribution in [1.29, 1.82) is 0 Å². The van der Waals surface area contributed by atoms with Crippen LogP contribution >= 0.6 is 0 Å². The van der Waals surface area contributed by atoms with Crippen molar-refractivity contribution in [1.82, 2.24) is 4.98 Å². The second-order valence-electron chi connectivity index (χ2n) is 2.15. The summed E-state index contributed by atoms with van der Waals surface area (Å²) in [6.45, 7) is -0.215. The first-order chi connectivity index (χ1) is 6.33. The van der Waals surface area contributed by atoms with Crippen LogP contribution in [0.1, 0.15) is 0 Å². The van der Waals surface area contributed by atoms with Crippen LogP contribution < -0.4 is 5.32 Å². The van der Waals surface area contributed by atoms with Crippen molar-refractivity contribution in [3.8, 4) is 0 Å². The molecule has 0 saturated carbocycles. The Kier molecular flexibility index (Phi) is 3.29. The highest BCUT2D eigenvalue weighted by Crippen LogP contribution is 1.98. The van der Waals surface area contributed by atoms with E-state index in [1.807, 2.05) is 0 Å². The number of rotatable bonds is 3. The average molecular weight is 177 g/mol. The number of azide groups is 1. The lowest BCUT2D eigenvalue weighted by Gasteiger charge is -1.99. The first-order valence-corrected chi connectivity index (χ1v) is 3.54. The Labute approximate surface area is 74.2 Å². The Morgan fingerprint density at radius 2 is 2.54 bits per heavy atom. The fourth-order valence-electron chi connectivity index (χ4n) is 0.715. The van der Waals surface area contributed by atoms with Crippen LogP contribution in [0, 0.1) is 0 Å². The number of carbonyl (C=O) groups is 1. The summed E-state index contributed by atoms with van der Waals surface area (Å²) in [7, 11) is 0. The molecule has 1 N–H and O–H groups in total. The molecule has 0 bridgehead atoms. The number of nitrogens with one attached hydrogen (secondary N) is 1. The summed E-state index contributed by atoms with van der Waals surface area (Å²) in [5, 5.41) is 5.57. The molecule has 0 unspecified atom stereocenters. The smallest absolute Gasteiger partial charge is 0.231 e. The molecular formula is C7H7N5O. The van der Waals surface area contributed by atoms with Crippen molar-refractivity contribution in [2.45, 2.75) is 0 Å². The summed E-state index contributed by atoms with van der Waals surface area (Å²) in [6, 6.07) is 5.13. The number of anilines is 1. The first kappa shape index (κ1) is 9.02. The van der Waals surface area contributed by atoms with Crippen molar-refractivity contribution < 1.29 is 4.79 Å². The molecule has 1 aromatic rings. The van der Waals surface area contributed by atoms with Gasteiger partial charge in [-0.25, -0.2) is 4.98 Å². The van der Waals surface area contributed by atoms with Gasteiger partial charge in [0.25, 0.3) is 0 Å². The minimum absolute atomic E-state index is 0.215. The number of amides is 1. The Morgan fingerprint density at radius 1 is 1.69 bits per heavy atom. The van der Waals surface area contributed by atoms with Gasteiger partial charge in [-0.3, -0.25) is 4.79 Å². The largest absolute Gasteiger partial charge is 0.311 e. The van der Waals surface area contributed by atoms with Gasteiger partial charge in [-0.1, -0.05) is 11.2 Å². The molecule has 6 nitrogen and oxygen atoms in total. The number of carbonyl (C=O) groups excluding carboxylic acids is 1. The van der Waals surface area contributed by atoms with E-state index < -0.39 is 0 Å². The highest BCUT2D eigenvalue weighted by Gasteiger charge is 1.99. The van der Waals surface area contributed by atoms with Gasteiger partial charge in [0.2, 0.25) is 5.91 Å². The van der Waals surface area contributed by atoms with E-state index in [0.29, 0.717) is 5.82 Å². The minimum atomic E-state index is -0.378. The quantitative estimate of drug-likeness (QED) is 0.428. The van der Waals surface area contributed by atoms with E-state index >= 15 is 0 Å². The fraction of sp³-hybridized carbons (Fsp3) is 0.143. The predicted molar refractivity (Wildman–Crippen MR) is 46.9 cm³/mol. The molecule has 0 spiro atoms. The normalized spacial score (nSPS) is 8.62. The summed E-state index contributed by atoms with van der Waals surface area (Å²) in [5.74, 6) is 0.0668. The summed E-state index contributed by atoms with van der Waals surface area (Å²) in [6.07, 6.45) is 1.56. The van der Waals surface area contributed by atoms with Crippen LogP contribution in [0.2, 0.25) is 0 Å². The summed E-state index contributed by atoms with van der Waals surface area (Å²) >= 11 is 0. The molecule has 0 radical (unpaired) electrons. The molecule has 6 heteroatoms. The molecular weight excluding hydrogens is 170 g/mol. The summed E-state index contributed by atoms with van der Waals surface area (Å²) in [5.41, 5.74) is 7.94. The van der Waals surface area contributed by atoms with E-state index in [0.717, 1.165) is 0 Å². The standard InChI is InChI=1S/C7H7N5O/c8-12-10-5-7(13)11-6-3-1-2-4-9-6/h1-4H,5H2,(H,9,11,13). The molecule has 1 amide bonds. The van der Waals surface area contributed by atoms with E-state index in [2.05, 4.69) is 20.3 Å².